The lowest BCUT2D eigenvalue weighted by Crippen LogP contribution is -2.49. The van der Waals surface area contributed by atoms with E-state index < -0.39 is 5.97 Å². The molecule has 1 aromatic rings. The van der Waals surface area contributed by atoms with Gasteiger partial charge in [0.2, 0.25) is 0 Å². The Hall–Kier alpha value is -1.79. The molecule has 0 atom stereocenters. The fourth-order valence-electron chi connectivity index (χ4n) is 2.27. The molecule has 1 saturated heterocycles. The number of urea groups is 1. The van der Waals surface area contributed by atoms with Crippen molar-refractivity contribution in [3.05, 3.63) is 28.8 Å². The second kappa shape index (κ2) is 6.78. The number of halogens is 1. The zero-order valence-electron chi connectivity index (χ0n) is 11.8. The van der Waals surface area contributed by atoms with Gasteiger partial charge in [-0.3, -0.25) is 0 Å². The van der Waals surface area contributed by atoms with Gasteiger partial charge in [-0.25, -0.2) is 9.59 Å². The molecule has 0 unspecified atom stereocenters. The van der Waals surface area contributed by atoms with Crippen LogP contribution >= 0.6 is 11.6 Å². The van der Waals surface area contributed by atoms with Crippen molar-refractivity contribution >= 4 is 29.3 Å². The van der Waals surface area contributed by atoms with Crippen LogP contribution in [-0.4, -0.2) is 59.6 Å². The van der Waals surface area contributed by atoms with E-state index in [-0.39, 0.29) is 17.3 Å². The van der Waals surface area contributed by atoms with Crippen LogP contribution in [0.2, 0.25) is 5.02 Å². The van der Waals surface area contributed by atoms with Crippen molar-refractivity contribution < 1.29 is 14.7 Å². The van der Waals surface area contributed by atoms with Gasteiger partial charge in [0.25, 0.3) is 0 Å². The minimum absolute atomic E-state index is 0.0277. The molecule has 2 N–H and O–H groups in total. The SMILES string of the molecule is CCN1CCN(C(=O)Nc2cc(Cl)ccc2C(=O)O)CC1. The lowest BCUT2D eigenvalue weighted by molar-refractivity contribution is 0.0698. The first-order chi connectivity index (χ1) is 10.0. The van der Waals surface area contributed by atoms with E-state index in [2.05, 4.69) is 17.1 Å². The van der Waals surface area contributed by atoms with Crippen LogP contribution in [0.5, 0.6) is 0 Å². The van der Waals surface area contributed by atoms with Crippen LogP contribution in [0.25, 0.3) is 0 Å². The molecule has 1 aliphatic rings. The van der Waals surface area contributed by atoms with Gasteiger partial charge in [0.05, 0.1) is 11.3 Å². The zero-order chi connectivity index (χ0) is 15.4. The average molecular weight is 312 g/mol. The molecule has 2 rings (SSSR count). The van der Waals surface area contributed by atoms with E-state index >= 15 is 0 Å². The van der Waals surface area contributed by atoms with Gasteiger partial charge >= 0.3 is 12.0 Å². The smallest absolute Gasteiger partial charge is 0.337 e. The Morgan fingerprint density at radius 2 is 1.95 bits per heavy atom. The number of likely N-dealkylation sites (N-methyl/N-ethyl adjacent to an activating group) is 1. The van der Waals surface area contributed by atoms with Gasteiger partial charge in [0.1, 0.15) is 0 Å². The molecule has 0 radical (unpaired) electrons. The lowest BCUT2D eigenvalue weighted by Gasteiger charge is -2.34. The number of benzene rings is 1. The summed E-state index contributed by atoms with van der Waals surface area (Å²) in [6.45, 7) is 5.95. The predicted octanol–water partition coefficient (Wildman–Crippen LogP) is 2.21. The van der Waals surface area contributed by atoms with Crippen molar-refractivity contribution in [2.45, 2.75) is 6.92 Å². The average Bonchev–Trinajstić information content (AvgIpc) is 2.47. The number of nitrogens with zero attached hydrogens (tertiary/aromatic N) is 2. The molecule has 0 spiro atoms. The van der Waals surface area contributed by atoms with Crippen LogP contribution in [0, 0.1) is 0 Å². The fraction of sp³-hybridized carbons (Fsp3) is 0.429. The van der Waals surface area contributed by atoms with Crippen LogP contribution in [0.3, 0.4) is 0 Å². The normalized spacial score (nSPS) is 15.8. The Morgan fingerprint density at radius 3 is 2.52 bits per heavy atom. The number of hydrogen-bond acceptors (Lipinski definition) is 3. The van der Waals surface area contributed by atoms with Crippen molar-refractivity contribution in [2.24, 2.45) is 0 Å². The summed E-state index contributed by atoms with van der Waals surface area (Å²) in [5.41, 5.74) is 0.248. The second-order valence-electron chi connectivity index (χ2n) is 4.85. The first kappa shape index (κ1) is 15.6. The number of carbonyl (C=O) groups excluding carboxylic acids is 1. The number of carboxylic acids is 1. The number of anilines is 1. The molecule has 21 heavy (non-hydrogen) atoms. The third-order valence-electron chi connectivity index (χ3n) is 3.56. The van der Waals surface area contributed by atoms with Crippen molar-refractivity contribution in [2.75, 3.05) is 38.0 Å². The molecule has 1 aliphatic heterocycles. The van der Waals surface area contributed by atoms with E-state index in [0.717, 1.165) is 19.6 Å². The number of rotatable bonds is 3. The minimum Gasteiger partial charge on any atom is -0.478 e. The van der Waals surface area contributed by atoms with Gasteiger partial charge in [-0.1, -0.05) is 18.5 Å². The van der Waals surface area contributed by atoms with Gasteiger partial charge in [0, 0.05) is 31.2 Å². The Morgan fingerprint density at radius 1 is 1.29 bits per heavy atom. The Labute approximate surface area is 128 Å². The van der Waals surface area contributed by atoms with Gasteiger partial charge in [-0.2, -0.15) is 0 Å². The number of amides is 2. The molecular formula is C14H18ClN3O3. The monoisotopic (exact) mass is 311 g/mol. The Balaban J connectivity index is 2.06. The van der Waals surface area contributed by atoms with Crippen molar-refractivity contribution in [3.63, 3.8) is 0 Å². The van der Waals surface area contributed by atoms with Crippen molar-refractivity contribution in [1.29, 1.82) is 0 Å². The van der Waals surface area contributed by atoms with Crippen LogP contribution < -0.4 is 5.32 Å². The topological polar surface area (TPSA) is 72.9 Å². The summed E-state index contributed by atoms with van der Waals surface area (Å²) in [5, 5.41) is 12.2. The number of carbonyl (C=O) groups is 2. The predicted molar refractivity (Wildman–Crippen MR) is 81.1 cm³/mol. The summed E-state index contributed by atoms with van der Waals surface area (Å²) in [4.78, 5) is 27.3. The summed E-state index contributed by atoms with van der Waals surface area (Å²) in [7, 11) is 0. The van der Waals surface area contributed by atoms with E-state index in [9.17, 15) is 9.59 Å². The standard InChI is InChI=1S/C14H18ClN3O3/c1-2-17-5-7-18(8-6-17)14(21)16-12-9-10(15)3-4-11(12)13(19)20/h3-4,9H,2,5-8H2,1H3,(H,16,21)(H,19,20). The molecule has 6 nitrogen and oxygen atoms in total. The summed E-state index contributed by atoms with van der Waals surface area (Å²) < 4.78 is 0. The highest BCUT2D eigenvalue weighted by Crippen LogP contribution is 2.21. The molecule has 0 aromatic heterocycles. The summed E-state index contributed by atoms with van der Waals surface area (Å²) in [6, 6.07) is 4.02. The number of hydrogen-bond donors (Lipinski definition) is 2. The maximum absolute atomic E-state index is 12.2. The first-order valence-corrected chi connectivity index (χ1v) is 7.20. The Kier molecular flexibility index (Phi) is 5.03. The molecule has 0 saturated carbocycles. The van der Waals surface area contributed by atoms with E-state index in [1.807, 2.05) is 0 Å². The first-order valence-electron chi connectivity index (χ1n) is 6.82. The van der Waals surface area contributed by atoms with Gasteiger partial charge in [0.15, 0.2) is 0 Å². The van der Waals surface area contributed by atoms with Crippen LogP contribution in [0.4, 0.5) is 10.5 Å². The second-order valence-corrected chi connectivity index (χ2v) is 5.28. The minimum atomic E-state index is -1.10. The number of aromatic carboxylic acids is 1. The number of nitrogens with one attached hydrogen (secondary N) is 1. The molecule has 1 aromatic carbocycles. The molecule has 1 fully saturated rings. The molecule has 7 heteroatoms. The van der Waals surface area contributed by atoms with E-state index in [0.29, 0.717) is 18.1 Å². The molecule has 2 amide bonds. The highest BCUT2D eigenvalue weighted by atomic mass is 35.5. The number of piperazine rings is 1. The fourth-order valence-corrected chi connectivity index (χ4v) is 2.44. The quantitative estimate of drug-likeness (QED) is 0.897. The molecule has 0 aliphatic carbocycles. The van der Waals surface area contributed by atoms with Gasteiger partial charge in [-0.15, -0.1) is 0 Å². The van der Waals surface area contributed by atoms with Crippen molar-refractivity contribution in [1.82, 2.24) is 9.80 Å². The third-order valence-corrected chi connectivity index (χ3v) is 3.80. The van der Waals surface area contributed by atoms with Crippen LogP contribution in [0.1, 0.15) is 17.3 Å². The lowest BCUT2D eigenvalue weighted by atomic mass is 10.2. The van der Waals surface area contributed by atoms with E-state index in [1.54, 1.807) is 4.90 Å². The maximum atomic E-state index is 12.2. The van der Waals surface area contributed by atoms with Gasteiger partial charge < -0.3 is 20.2 Å². The van der Waals surface area contributed by atoms with Gasteiger partial charge in [-0.05, 0) is 24.7 Å². The summed E-state index contributed by atoms with van der Waals surface area (Å²) >= 11 is 5.86. The van der Waals surface area contributed by atoms with Crippen LogP contribution in [0.15, 0.2) is 18.2 Å². The molecule has 114 valence electrons. The largest absolute Gasteiger partial charge is 0.478 e. The van der Waals surface area contributed by atoms with Crippen molar-refractivity contribution in [3.8, 4) is 0 Å². The summed E-state index contributed by atoms with van der Waals surface area (Å²) in [5.74, 6) is -1.10. The van der Waals surface area contributed by atoms with E-state index in [4.69, 9.17) is 16.7 Å². The maximum Gasteiger partial charge on any atom is 0.337 e. The molecule has 1 heterocycles. The zero-order valence-corrected chi connectivity index (χ0v) is 12.6. The third kappa shape index (κ3) is 3.86. The van der Waals surface area contributed by atoms with E-state index in [1.165, 1.54) is 18.2 Å². The van der Waals surface area contributed by atoms with Crippen LogP contribution in [-0.2, 0) is 0 Å². The highest BCUT2D eigenvalue weighted by molar-refractivity contribution is 6.31. The highest BCUT2D eigenvalue weighted by Gasteiger charge is 2.21. The summed E-state index contributed by atoms with van der Waals surface area (Å²) in [6.07, 6.45) is 0. The number of carboxylic acid groups (broad SMARTS) is 1. The molecule has 0 bridgehead atoms. The molecular weight excluding hydrogens is 294 g/mol. The Bertz CT molecular complexity index is 542.